The van der Waals surface area contributed by atoms with Gasteiger partial charge in [-0.3, -0.25) is 19.1 Å². The van der Waals surface area contributed by atoms with Crippen molar-refractivity contribution in [1.82, 2.24) is 25.3 Å². The second kappa shape index (κ2) is 10.2. The third-order valence-electron chi connectivity index (χ3n) is 6.27. The molecule has 0 saturated carbocycles. The van der Waals surface area contributed by atoms with E-state index < -0.39 is 11.4 Å². The molecule has 3 aromatic rings. The van der Waals surface area contributed by atoms with Gasteiger partial charge in [-0.15, -0.1) is 0 Å². The fraction of sp³-hybridized carbons (Fsp3) is 0.333. The van der Waals surface area contributed by atoms with Crippen LogP contribution in [0.3, 0.4) is 0 Å². The molecule has 2 aromatic carbocycles. The number of hydrogen-bond donors (Lipinski definition) is 2. The van der Waals surface area contributed by atoms with Crippen LogP contribution < -0.4 is 15.4 Å². The van der Waals surface area contributed by atoms with Gasteiger partial charge in [0.05, 0.1) is 12.6 Å². The Balaban J connectivity index is 1.42. The zero-order valence-corrected chi connectivity index (χ0v) is 20.9. The predicted molar refractivity (Wildman–Crippen MR) is 134 cm³/mol. The normalized spacial score (nSPS) is 17.0. The summed E-state index contributed by atoms with van der Waals surface area (Å²) in [5.41, 5.74) is 1.10. The average molecular weight is 490 g/mol. The van der Waals surface area contributed by atoms with Gasteiger partial charge in [-0.25, -0.2) is 0 Å². The van der Waals surface area contributed by atoms with E-state index in [9.17, 15) is 14.4 Å². The molecule has 3 amide bonds. The number of hydrogen-bond acceptors (Lipinski definition) is 5. The Hall–Kier alpha value is -4.14. The van der Waals surface area contributed by atoms with E-state index in [1.165, 1.54) is 15.6 Å². The third kappa shape index (κ3) is 5.25. The molecular formula is C27H31N5O4. The van der Waals surface area contributed by atoms with E-state index in [4.69, 9.17) is 4.74 Å². The molecular weight excluding hydrogens is 458 g/mol. The highest BCUT2D eigenvalue weighted by atomic mass is 16.5. The number of carbonyl (C=O) groups excluding carboxylic acids is 3. The molecule has 0 aliphatic carbocycles. The molecule has 9 heteroatoms. The summed E-state index contributed by atoms with van der Waals surface area (Å²) >= 11 is 0. The summed E-state index contributed by atoms with van der Waals surface area (Å²) in [6.07, 6.45) is 0.0843. The third-order valence-corrected chi connectivity index (χ3v) is 6.27. The molecule has 1 aromatic heterocycles. The fourth-order valence-electron chi connectivity index (χ4n) is 4.04. The Morgan fingerprint density at radius 1 is 1.03 bits per heavy atom. The summed E-state index contributed by atoms with van der Waals surface area (Å²) in [6.45, 7) is 6.40. The number of nitrogens with zero attached hydrogens (tertiary/aromatic N) is 3. The van der Waals surface area contributed by atoms with Gasteiger partial charge in [0.1, 0.15) is 17.0 Å². The Morgan fingerprint density at radius 3 is 2.33 bits per heavy atom. The first-order chi connectivity index (χ1) is 17.2. The maximum absolute atomic E-state index is 13.1. The van der Waals surface area contributed by atoms with Gasteiger partial charge in [-0.05, 0) is 44.0 Å². The van der Waals surface area contributed by atoms with E-state index in [1.54, 1.807) is 14.0 Å². The zero-order chi connectivity index (χ0) is 25.9. The van der Waals surface area contributed by atoms with Crippen molar-refractivity contribution in [3.63, 3.8) is 0 Å². The van der Waals surface area contributed by atoms with Gasteiger partial charge < -0.3 is 20.3 Å². The van der Waals surface area contributed by atoms with Crippen molar-refractivity contribution in [2.45, 2.75) is 52.0 Å². The highest BCUT2D eigenvalue weighted by molar-refractivity contribution is 6.01. The topological polar surface area (TPSA) is 106 Å². The van der Waals surface area contributed by atoms with Crippen LogP contribution in [0.4, 0.5) is 0 Å². The first kappa shape index (κ1) is 25.0. The minimum atomic E-state index is -1.15. The number of rotatable bonds is 8. The summed E-state index contributed by atoms with van der Waals surface area (Å²) in [6, 6.07) is 18.5. The van der Waals surface area contributed by atoms with E-state index in [1.807, 2.05) is 68.4 Å². The molecule has 2 N–H and O–H groups in total. The minimum absolute atomic E-state index is 0.0843. The second-order valence-corrected chi connectivity index (χ2v) is 9.37. The van der Waals surface area contributed by atoms with Crippen LogP contribution in [0, 0.1) is 0 Å². The van der Waals surface area contributed by atoms with Crippen molar-refractivity contribution in [1.29, 1.82) is 0 Å². The summed E-state index contributed by atoms with van der Waals surface area (Å²) in [5.74, 6) is -0.296. The lowest BCUT2D eigenvalue weighted by Gasteiger charge is -2.40. The number of benzene rings is 2. The zero-order valence-electron chi connectivity index (χ0n) is 20.9. The molecule has 0 saturated heterocycles. The van der Waals surface area contributed by atoms with Gasteiger partial charge in [0, 0.05) is 26.2 Å². The number of ether oxygens (including phenoxy) is 1. The molecule has 188 valence electrons. The van der Waals surface area contributed by atoms with Crippen LogP contribution in [-0.2, 0) is 24.4 Å². The highest BCUT2D eigenvalue weighted by Crippen LogP contribution is 2.26. The molecule has 1 aliphatic rings. The summed E-state index contributed by atoms with van der Waals surface area (Å²) in [7, 11) is 1.59. The average Bonchev–Trinajstić information content (AvgIpc) is 3.29. The van der Waals surface area contributed by atoms with Gasteiger partial charge in [0.2, 0.25) is 5.91 Å². The van der Waals surface area contributed by atoms with Crippen LogP contribution in [0.15, 0.2) is 60.7 Å². The lowest BCUT2D eigenvalue weighted by Crippen LogP contribution is -2.62. The standard InChI is InChI=1S/C27H31N5O4/c1-18(2)36-21-12-10-20(11-13-21)15-28-24(33)22-14-23-25(34)31(4)27(3,17-32(23)30-22)26(35)29-16-19-8-6-5-7-9-19/h5-14,18H,15-17H2,1-4H3,(H,28,33)(H,29,35)/t27-/m1/s1. The molecule has 4 rings (SSSR count). The van der Waals surface area contributed by atoms with Gasteiger partial charge in [0.25, 0.3) is 11.8 Å². The first-order valence-electron chi connectivity index (χ1n) is 11.9. The molecule has 0 radical (unpaired) electrons. The Kier molecular flexibility index (Phi) is 7.10. The molecule has 0 spiro atoms. The number of nitrogens with one attached hydrogen (secondary N) is 2. The van der Waals surface area contributed by atoms with Gasteiger partial charge in [0.15, 0.2) is 5.69 Å². The number of amides is 3. The molecule has 0 bridgehead atoms. The Bertz CT molecular complexity index is 1250. The maximum atomic E-state index is 13.1. The van der Waals surface area contributed by atoms with Crippen molar-refractivity contribution >= 4 is 17.7 Å². The SMILES string of the molecule is CC(C)Oc1ccc(CNC(=O)c2cc3n(n2)C[C@](C)(C(=O)NCc2ccccc2)N(C)C3=O)cc1. The molecule has 1 aliphatic heterocycles. The molecule has 9 nitrogen and oxygen atoms in total. The van der Waals surface area contributed by atoms with Crippen molar-refractivity contribution in [3.8, 4) is 5.75 Å². The number of aromatic nitrogens is 2. The van der Waals surface area contributed by atoms with Gasteiger partial charge in [-0.2, -0.15) is 5.10 Å². The predicted octanol–water partition coefficient (Wildman–Crippen LogP) is 2.76. The molecule has 36 heavy (non-hydrogen) atoms. The van der Waals surface area contributed by atoms with Crippen LogP contribution in [0.25, 0.3) is 0 Å². The second-order valence-electron chi connectivity index (χ2n) is 9.37. The van der Waals surface area contributed by atoms with Crippen molar-refractivity contribution in [3.05, 3.63) is 83.2 Å². The number of carbonyl (C=O) groups is 3. The van der Waals surface area contributed by atoms with E-state index in [0.717, 1.165) is 16.9 Å². The van der Waals surface area contributed by atoms with Crippen LogP contribution in [0.1, 0.15) is 52.9 Å². The fourth-order valence-corrected chi connectivity index (χ4v) is 4.04. The number of likely N-dealkylation sites (N-methyl/N-ethyl adjacent to an activating group) is 1. The Morgan fingerprint density at radius 2 is 1.67 bits per heavy atom. The molecule has 0 unspecified atom stereocenters. The van der Waals surface area contributed by atoms with Gasteiger partial charge >= 0.3 is 0 Å². The minimum Gasteiger partial charge on any atom is -0.491 e. The van der Waals surface area contributed by atoms with E-state index >= 15 is 0 Å². The van der Waals surface area contributed by atoms with Crippen LogP contribution in [0.5, 0.6) is 5.75 Å². The maximum Gasteiger partial charge on any atom is 0.272 e. The lowest BCUT2D eigenvalue weighted by atomic mass is 9.96. The van der Waals surface area contributed by atoms with Crippen LogP contribution in [-0.4, -0.2) is 51.1 Å². The van der Waals surface area contributed by atoms with E-state index in [-0.39, 0.29) is 35.9 Å². The molecule has 0 fully saturated rings. The molecule has 2 heterocycles. The summed E-state index contributed by atoms with van der Waals surface area (Å²) < 4.78 is 7.08. The smallest absolute Gasteiger partial charge is 0.272 e. The lowest BCUT2D eigenvalue weighted by molar-refractivity contribution is -0.132. The van der Waals surface area contributed by atoms with E-state index in [2.05, 4.69) is 15.7 Å². The van der Waals surface area contributed by atoms with Crippen LogP contribution in [0.2, 0.25) is 0 Å². The van der Waals surface area contributed by atoms with Crippen molar-refractivity contribution < 1.29 is 19.1 Å². The molecule has 1 atom stereocenters. The quantitative estimate of drug-likeness (QED) is 0.506. The highest BCUT2D eigenvalue weighted by Gasteiger charge is 2.46. The largest absolute Gasteiger partial charge is 0.491 e. The van der Waals surface area contributed by atoms with Crippen LogP contribution >= 0.6 is 0 Å². The van der Waals surface area contributed by atoms with Crippen molar-refractivity contribution in [2.24, 2.45) is 0 Å². The van der Waals surface area contributed by atoms with Gasteiger partial charge in [-0.1, -0.05) is 42.5 Å². The first-order valence-corrected chi connectivity index (χ1v) is 11.9. The summed E-state index contributed by atoms with van der Waals surface area (Å²) in [5, 5.41) is 10.1. The number of fused-ring (bicyclic) bond motifs is 1. The monoisotopic (exact) mass is 489 g/mol. The Labute approximate surface area is 210 Å². The van der Waals surface area contributed by atoms with E-state index in [0.29, 0.717) is 13.1 Å². The summed E-state index contributed by atoms with van der Waals surface area (Å²) in [4.78, 5) is 40.4. The van der Waals surface area contributed by atoms with Crippen molar-refractivity contribution in [2.75, 3.05) is 7.05 Å².